The molecule has 3 unspecified atom stereocenters. The van der Waals surface area contributed by atoms with Gasteiger partial charge >= 0.3 is 39.5 Å². The third-order valence-corrected chi connectivity index (χ3v) is 19.2. The highest BCUT2D eigenvalue weighted by atomic mass is 31.2. The van der Waals surface area contributed by atoms with Gasteiger partial charge in [0.2, 0.25) is 0 Å². The Hall–Kier alpha value is -1.94. The molecule has 19 heteroatoms. The van der Waals surface area contributed by atoms with E-state index in [4.69, 9.17) is 37.0 Å². The van der Waals surface area contributed by atoms with E-state index in [1.807, 2.05) is 0 Å². The van der Waals surface area contributed by atoms with E-state index < -0.39 is 97.5 Å². The van der Waals surface area contributed by atoms with Gasteiger partial charge in [-0.1, -0.05) is 325 Å². The van der Waals surface area contributed by atoms with Crippen molar-refractivity contribution < 1.29 is 80.2 Å². The van der Waals surface area contributed by atoms with Gasteiger partial charge in [-0.3, -0.25) is 37.3 Å². The Kier molecular flexibility index (Phi) is 63.1. The summed E-state index contributed by atoms with van der Waals surface area (Å²) >= 11 is 0. The first kappa shape index (κ1) is 92.1. The Morgan fingerprint density at radius 3 is 0.660 bits per heavy atom. The van der Waals surface area contributed by atoms with Crippen molar-refractivity contribution in [1.82, 2.24) is 0 Å². The van der Waals surface area contributed by atoms with Crippen molar-refractivity contribution in [2.75, 3.05) is 39.6 Å². The van der Waals surface area contributed by atoms with E-state index in [2.05, 4.69) is 55.4 Å². The topological polar surface area (TPSA) is 237 Å². The second-order valence-corrected chi connectivity index (χ2v) is 31.9. The fourth-order valence-corrected chi connectivity index (χ4v) is 13.0. The number of aliphatic hydroxyl groups excluding tert-OH is 1. The van der Waals surface area contributed by atoms with Crippen molar-refractivity contribution in [2.45, 2.75) is 395 Å². The van der Waals surface area contributed by atoms with Gasteiger partial charge in [0.25, 0.3) is 0 Å². The largest absolute Gasteiger partial charge is 0.472 e. The Morgan fingerprint density at radius 1 is 0.266 bits per heavy atom. The average molecular weight is 1380 g/mol. The van der Waals surface area contributed by atoms with E-state index in [1.165, 1.54) is 180 Å². The van der Waals surface area contributed by atoms with Gasteiger partial charge < -0.3 is 33.8 Å². The zero-order valence-electron chi connectivity index (χ0n) is 61.6. The SMILES string of the molecule is CC(C)CCCCCCCCCCCCCCCCCC(=O)OC[C@H](COP(=O)(O)OCC(O)COP(=O)(O)OC[C@@H](COC(=O)CCCCCCCCCCC(C)C)OC(=O)CCCCCCCCCC(C)C)OC(=O)CCCCCCCCCCCCCCC(C)C. The number of unbranched alkanes of at least 4 members (excludes halogenated alkanes) is 38. The lowest BCUT2D eigenvalue weighted by molar-refractivity contribution is -0.161. The molecule has 17 nitrogen and oxygen atoms in total. The van der Waals surface area contributed by atoms with Crippen LogP contribution in [0.3, 0.4) is 0 Å². The van der Waals surface area contributed by atoms with Crippen molar-refractivity contribution in [2.24, 2.45) is 23.7 Å². The average Bonchev–Trinajstić information content (AvgIpc) is 1.55. The quantitative estimate of drug-likeness (QED) is 0.0222. The summed E-state index contributed by atoms with van der Waals surface area (Å²) in [5.41, 5.74) is 0. The summed E-state index contributed by atoms with van der Waals surface area (Å²) in [6.45, 7) is 14.1. The van der Waals surface area contributed by atoms with E-state index >= 15 is 0 Å². The minimum absolute atomic E-state index is 0.103. The number of carbonyl (C=O) groups is 4. The number of ether oxygens (including phenoxy) is 4. The minimum Gasteiger partial charge on any atom is -0.462 e. The molecule has 0 bridgehead atoms. The Morgan fingerprint density at radius 2 is 0.447 bits per heavy atom. The maximum atomic E-state index is 13.1. The molecule has 0 aromatic rings. The van der Waals surface area contributed by atoms with E-state index in [0.717, 1.165) is 108 Å². The summed E-state index contributed by atoms with van der Waals surface area (Å²) in [5.74, 6) is 0.880. The first-order valence-corrected chi connectivity index (χ1v) is 41.7. The fraction of sp³-hybridized carbons (Fsp3) is 0.947. The molecule has 0 aliphatic carbocycles. The van der Waals surface area contributed by atoms with Gasteiger partial charge in [0.05, 0.1) is 26.4 Å². The lowest BCUT2D eigenvalue weighted by Crippen LogP contribution is -2.30. The van der Waals surface area contributed by atoms with Crippen LogP contribution < -0.4 is 0 Å². The maximum Gasteiger partial charge on any atom is 0.472 e. The fourth-order valence-electron chi connectivity index (χ4n) is 11.4. The summed E-state index contributed by atoms with van der Waals surface area (Å²) in [6.07, 6.45) is 48.7. The van der Waals surface area contributed by atoms with Gasteiger partial charge in [-0.05, 0) is 49.4 Å². The van der Waals surface area contributed by atoms with Gasteiger partial charge in [-0.25, -0.2) is 9.13 Å². The van der Waals surface area contributed by atoms with E-state index in [1.54, 1.807) is 0 Å². The summed E-state index contributed by atoms with van der Waals surface area (Å²) in [5, 5.41) is 10.6. The van der Waals surface area contributed by atoms with Crippen LogP contribution in [0.25, 0.3) is 0 Å². The Bertz CT molecular complexity index is 1850. The van der Waals surface area contributed by atoms with E-state index in [-0.39, 0.29) is 25.7 Å². The first-order valence-electron chi connectivity index (χ1n) is 38.7. The second kappa shape index (κ2) is 64.4. The Labute approximate surface area is 575 Å². The van der Waals surface area contributed by atoms with Crippen molar-refractivity contribution in [1.29, 1.82) is 0 Å². The normalized spacial score (nSPS) is 14.2. The third kappa shape index (κ3) is 68.6. The molecular weight excluding hydrogens is 1230 g/mol. The van der Waals surface area contributed by atoms with Crippen LogP contribution in [0.4, 0.5) is 0 Å². The molecule has 0 rings (SSSR count). The van der Waals surface area contributed by atoms with E-state index in [0.29, 0.717) is 31.6 Å². The number of rotatable bonds is 72. The van der Waals surface area contributed by atoms with Crippen molar-refractivity contribution in [3.05, 3.63) is 0 Å². The summed E-state index contributed by atoms with van der Waals surface area (Å²) < 4.78 is 68.4. The number of phosphoric acid groups is 2. The molecule has 0 heterocycles. The van der Waals surface area contributed by atoms with Crippen molar-refractivity contribution in [3.63, 3.8) is 0 Å². The molecule has 0 spiro atoms. The monoisotopic (exact) mass is 1380 g/mol. The number of carbonyl (C=O) groups excluding carboxylic acids is 4. The third-order valence-electron chi connectivity index (χ3n) is 17.3. The molecule has 0 saturated heterocycles. The highest BCUT2D eigenvalue weighted by Crippen LogP contribution is 2.45. The van der Waals surface area contributed by atoms with E-state index in [9.17, 15) is 43.2 Å². The summed E-state index contributed by atoms with van der Waals surface area (Å²) in [6, 6.07) is 0. The highest BCUT2D eigenvalue weighted by Gasteiger charge is 2.30. The van der Waals surface area contributed by atoms with Crippen LogP contribution in [-0.2, 0) is 65.4 Å². The summed E-state index contributed by atoms with van der Waals surface area (Å²) in [7, 11) is -9.91. The first-order chi connectivity index (χ1) is 45.1. The van der Waals surface area contributed by atoms with Crippen LogP contribution in [0.5, 0.6) is 0 Å². The molecule has 0 saturated carbocycles. The predicted octanol–water partition coefficient (Wildman–Crippen LogP) is 21.7. The number of aliphatic hydroxyl groups is 1. The van der Waals surface area contributed by atoms with Crippen LogP contribution in [0.15, 0.2) is 0 Å². The Balaban J connectivity index is 5.23. The molecule has 94 heavy (non-hydrogen) atoms. The molecule has 0 aromatic heterocycles. The van der Waals surface area contributed by atoms with Crippen LogP contribution >= 0.6 is 15.6 Å². The lowest BCUT2D eigenvalue weighted by atomic mass is 10.0. The zero-order chi connectivity index (χ0) is 69.6. The molecule has 0 aromatic carbocycles. The van der Waals surface area contributed by atoms with Crippen molar-refractivity contribution in [3.8, 4) is 0 Å². The van der Waals surface area contributed by atoms with Gasteiger partial charge in [0.15, 0.2) is 12.2 Å². The molecular formula is C75H146O17P2. The van der Waals surface area contributed by atoms with Gasteiger partial charge in [0, 0.05) is 25.7 Å². The van der Waals surface area contributed by atoms with Gasteiger partial charge in [-0.2, -0.15) is 0 Å². The van der Waals surface area contributed by atoms with Crippen LogP contribution in [0.2, 0.25) is 0 Å². The lowest BCUT2D eigenvalue weighted by Gasteiger charge is -2.21. The molecule has 5 atom stereocenters. The van der Waals surface area contributed by atoms with Gasteiger partial charge in [-0.15, -0.1) is 0 Å². The molecule has 3 N–H and O–H groups in total. The molecule has 0 fully saturated rings. The second-order valence-electron chi connectivity index (χ2n) is 28.9. The number of hydrogen-bond donors (Lipinski definition) is 3. The van der Waals surface area contributed by atoms with Crippen LogP contribution in [-0.4, -0.2) is 96.7 Å². The number of phosphoric ester groups is 2. The number of esters is 4. The molecule has 0 aliphatic heterocycles. The molecule has 0 aliphatic rings. The summed E-state index contributed by atoms with van der Waals surface area (Å²) in [4.78, 5) is 72.7. The minimum atomic E-state index is -4.96. The molecule has 0 amide bonds. The predicted molar refractivity (Wildman–Crippen MR) is 381 cm³/mol. The smallest absolute Gasteiger partial charge is 0.462 e. The molecule has 0 radical (unpaired) electrons. The maximum absolute atomic E-state index is 13.1. The highest BCUT2D eigenvalue weighted by molar-refractivity contribution is 7.47. The van der Waals surface area contributed by atoms with Crippen molar-refractivity contribution >= 4 is 39.5 Å². The van der Waals surface area contributed by atoms with Crippen LogP contribution in [0.1, 0.15) is 376 Å². The molecule has 558 valence electrons. The van der Waals surface area contributed by atoms with Crippen LogP contribution in [0, 0.1) is 23.7 Å². The van der Waals surface area contributed by atoms with Gasteiger partial charge in [0.1, 0.15) is 19.3 Å². The zero-order valence-corrected chi connectivity index (χ0v) is 63.4. The number of hydrogen-bond acceptors (Lipinski definition) is 15. The standard InChI is InChI=1S/C75H146O17P2/c1-65(2)51-43-35-27-20-16-12-10-9-11-13-18-22-31-39-47-55-72(77)85-61-70(91-74(79)57-49-41-33-23-19-15-14-17-21-28-36-44-52-66(3)4)63-89-93(81,82)87-59-69(76)60-88-94(83,84)90-64-71(92-75(80)58-50-42-34-26-30-38-46-54-68(7)8)62-86-73(78)56-48-40-32-25-24-29-37-45-53-67(5)6/h65-71,76H,9-64H2,1-8H3,(H,81,82)(H,83,84)/t69?,70-,71-/m1/s1.